The van der Waals surface area contributed by atoms with Crippen molar-refractivity contribution in [2.45, 2.75) is 6.61 Å². The van der Waals surface area contributed by atoms with Gasteiger partial charge in [-0.2, -0.15) is 0 Å². The molecule has 0 saturated carbocycles. The first-order valence-electron chi connectivity index (χ1n) is 7.77. The molecule has 0 bridgehead atoms. The minimum Gasteiger partial charge on any atom is -0.465 e. The van der Waals surface area contributed by atoms with Gasteiger partial charge in [0.1, 0.15) is 22.0 Å². The highest BCUT2D eigenvalue weighted by Crippen LogP contribution is 2.33. The Morgan fingerprint density at radius 3 is 1.82 bits per heavy atom. The fraction of sp³-hybridized carbons (Fsp3) is 0.222. The lowest BCUT2D eigenvalue weighted by atomic mass is 10.1. The Hall–Kier alpha value is -3.40. The van der Waals surface area contributed by atoms with Crippen molar-refractivity contribution in [2.75, 3.05) is 27.1 Å². The lowest BCUT2D eigenvalue weighted by Gasteiger charge is -2.08. The van der Waals surface area contributed by atoms with Crippen molar-refractivity contribution in [1.29, 1.82) is 0 Å². The minimum absolute atomic E-state index is 0.0363. The zero-order chi connectivity index (χ0) is 20.8. The maximum atomic E-state index is 12.3. The van der Waals surface area contributed by atoms with E-state index >= 15 is 0 Å². The molecule has 0 unspecified atom stereocenters. The van der Waals surface area contributed by atoms with Gasteiger partial charge in [0.05, 0.1) is 32.5 Å². The van der Waals surface area contributed by atoms with Crippen molar-refractivity contribution in [3.8, 4) is 0 Å². The van der Waals surface area contributed by atoms with Gasteiger partial charge in [-0.3, -0.25) is 0 Å². The third kappa shape index (κ3) is 4.29. The van der Waals surface area contributed by atoms with Gasteiger partial charge >= 0.3 is 23.9 Å². The van der Waals surface area contributed by atoms with Crippen LogP contribution in [0.1, 0.15) is 46.3 Å². The maximum Gasteiger partial charge on any atom is 0.348 e. The summed E-state index contributed by atoms with van der Waals surface area (Å²) in [6.45, 7) is -0.403. The summed E-state index contributed by atoms with van der Waals surface area (Å²) < 4.78 is 19.1. The van der Waals surface area contributed by atoms with E-state index in [1.807, 2.05) is 0 Å². The Morgan fingerprint density at radius 1 is 0.821 bits per heavy atom. The smallest absolute Gasteiger partial charge is 0.348 e. The van der Waals surface area contributed by atoms with Crippen LogP contribution in [-0.2, 0) is 25.6 Å². The number of hydrogen-bond acceptors (Lipinski definition) is 10. The Balaban J connectivity index is 2.25. The largest absolute Gasteiger partial charge is 0.465 e. The summed E-state index contributed by atoms with van der Waals surface area (Å²) in [5.74, 6) is -2.76. The highest BCUT2D eigenvalue weighted by molar-refractivity contribution is 7.18. The molecule has 148 valence electrons. The van der Waals surface area contributed by atoms with Crippen molar-refractivity contribution in [1.82, 2.24) is 0 Å². The summed E-state index contributed by atoms with van der Waals surface area (Å²) >= 11 is 0.832. The molecule has 2 rings (SSSR count). The number of anilines is 1. The fourth-order valence-electron chi connectivity index (χ4n) is 2.29. The van der Waals surface area contributed by atoms with Crippen LogP contribution in [-0.4, -0.2) is 45.2 Å². The Kier molecular flexibility index (Phi) is 6.72. The van der Waals surface area contributed by atoms with E-state index in [9.17, 15) is 19.2 Å². The van der Waals surface area contributed by atoms with E-state index in [4.69, 9.17) is 10.5 Å². The van der Waals surface area contributed by atoms with Gasteiger partial charge in [0.15, 0.2) is 0 Å². The molecule has 9 nitrogen and oxygen atoms in total. The lowest BCUT2D eigenvalue weighted by molar-refractivity contribution is 0.0452. The van der Waals surface area contributed by atoms with Gasteiger partial charge in [-0.25, -0.2) is 19.2 Å². The van der Waals surface area contributed by atoms with Crippen molar-refractivity contribution in [3.63, 3.8) is 0 Å². The molecule has 0 radical (unpaired) electrons. The number of nitrogen functional groups attached to an aromatic ring is 1. The molecule has 0 spiro atoms. The van der Waals surface area contributed by atoms with Crippen molar-refractivity contribution < 1.29 is 38.1 Å². The number of hydrogen-bond donors (Lipinski definition) is 1. The second-order valence-corrected chi connectivity index (χ2v) is 6.33. The quantitative estimate of drug-likeness (QED) is 0.564. The number of ether oxygens (including phenoxy) is 4. The van der Waals surface area contributed by atoms with Crippen molar-refractivity contribution in [3.05, 3.63) is 51.4 Å². The second kappa shape index (κ2) is 9.00. The molecule has 28 heavy (non-hydrogen) atoms. The first-order valence-corrected chi connectivity index (χ1v) is 8.58. The maximum absolute atomic E-state index is 12.3. The number of methoxy groups -OCH3 is 3. The van der Waals surface area contributed by atoms with Crippen LogP contribution in [0.2, 0.25) is 0 Å². The summed E-state index contributed by atoms with van der Waals surface area (Å²) in [5.41, 5.74) is 6.29. The Labute approximate surface area is 163 Å². The molecule has 2 N–H and O–H groups in total. The monoisotopic (exact) mass is 407 g/mol. The third-order valence-corrected chi connectivity index (χ3v) is 4.73. The van der Waals surface area contributed by atoms with E-state index in [0.717, 1.165) is 18.4 Å². The number of benzene rings is 1. The van der Waals surface area contributed by atoms with Gasteiger partial charge in [-0.05, 0) is 24.3 Å². The number of esters is 4. The molecule has 0 fully saturated rings. The van der Waals surface area contributed by atoms with Gasteiger partial charge in [0.25, 0.3) is 0 Å². The van der Waals surface area contributed by atoms with Crippen molar-refractivity contribution in [2.24, 2.45) is 0 Å². The molecule has 1 heterocycles. The van der Waals surface area contributed by atoms with E-state index in [-0.39, 0.29) is 32.1 Å². The van der Waals surface area contributed by atoms with Gasteiger partial charge < -0.3 is 24.7 Å². The summed E-state index contributed by atoms with van der Waals surface area (Å²) in [6.07, 6.45) is 0. The molecule has 0 atom stereocenters. The highest BCUT2D eigenvalue weighted by Gasteiger charge is 2.28. The first kappa shape index (κ1) is 20.9. The van der Waals surface area contributed by atoms with Gasteiger partial charge in [-0.15, -0.1) is 11.3 Å². The lowest BCUT2D eigenvalue weighted by Crippen LogP contribution is -2.13. The number of thiophene rings is 1. The summed E-state index contributed by atoms with van der Waals surface area (Å²) in [7, 11) is 3.58. The van der Waals surface area contributed by atoms with Crippen LogP contribution in [0.3, 0.4) is 0 Å². The van der Waals surface area contributed by atoms with Gasteiger partial charge in [0, 0.05) is 5.56 Å². The van der Waals surface area contributed by atoms with E-state index < -0.39 is 30.5 Å². The number of carbonyl (C=O) groups is 4. The predicted octanol–water partition coefficient (Wildman–Crippen LogP) is 2.05. The van der Waals surface area contributed by atoms with E-state index in [1.165, 1.54) is 38.5 Å². The van der Waals surface area contributed by atoms with Crippen LogP contribution < -0.4 is 5.73 Å². The molecule has 1 aromatic heterocycles. The molecular weight excluding hydrogens is 390 g/mol. The van der Waals surface area contributed by atoms with E-state index in [2.05, 4.69) is 14.2 Å². The first-order chi connectivity index (χ1) is 13.3. The van der Waals surface area contributed by atoms with Gasteiger partial charge in [0.2, 0.25) is 0 Å². The number of rotatable bonds is 6. The highest BCUT2D eigenvalue weighted by atomic mass is 32.1. The molecule has 0 amide bonds. The second-order valence-electron chi connectivity index (χ2n) is 5.28. The average molecular weight is 407 g/mol. The van der Waals surface area contributed by atoms with Crippen LogP contribution in [0.25, 0.3) is 0 Å². The normalized spacial score (nSPS) is 10.1. The minimum atomic E-state index is -0.766. The summed E-state index contributed by atoms with van der Waals surface area (Å²) in [6, 6.07) is 5.59. The van der Waals surface area contributed by atoms with E-state index in [0.29, 0.717) is 0 Å². The molecule has 0 saturated heterocycles. The molecule has 0 aliphatic carbocycles. The van der Waals surface area contributed by atoms with Crippen LogP contribution >= 0.6 is 11.3 Å². The summed E-state index contributed by atoms with van der Waals surface area (Å²) in [4.78, 5) is 47.7. The SMILES string of the molecule is COC(=O)c1ccc(C(=O)OCc2c(C(=O)OC)sc(N)c2C(=O)OC)cc1. The number of carbonyl (C=O) groups excluding carboxylic acids is 4. The zero-order valence-corrected chi connectivity index (χ0v) is 16.1. The molecular formula is C18H17NO8S. The Morgan fingerprint density at radius 2 is 1.32 bits per heavy atom. The topological polar surface area (TPSA) is 131 Å². The van der Waals surface area contributed by atoms with Crippen LogP contribution in [0.5, 0.6) is 0 Å². The van der Waals surface area contributed by atoms with Gasteiger partial charge in [-0.1, -0.05) is 0 Å². The zero-order valence-electron chi connectivity index (χ0n) is 15.3. The van der Waals surface area contributed by atoms with Crippen molar-refractivity contribution >= 4 is 40.2 Å². The number of nitrogens with two attached hydrogens (primary N) is 1. The van der Waals surface area contributed by atoms with Crippen LogP contribution in [0.15, 0.2) is 24.3 Å². The predicted molar refractivity (Wildman–Crippen MR) is 98.3 cm³/mol. The van der Waals surface area contributed by atoms with Crippen LogP contribution in [0, 0.1) is 0 Å². The Bertz CT molecular complexity index is 916. The molecule has 10 heteroatoms. The molecule has 2 aromatic rings. The molecule has 0 aliphatic heterocycles. The molecule has 0 aliphatic rings. The fourth-order valence-corrected chi connectivity index (χ4v) is 3.27. The standard InChI is InChI=1S/C18H17NO8S/c1-24-15(20)9-4-6-10(7-5-9)16(21)27-8-11-12(17(22)25-2)14(19)28-13(11)18(23)26-3/h4-7H,8,19H2,1-3H3. The average Bonchev–Trinajstić information content (AvgIpc) is 3.06. The summed E-state index contributed by atoms with van der Waals surface area (Å²) in [5, 5.41) is 0.0423. The van der Waals surface area contributed by atoms with E-state index in [1.54, 1.807) is 0 Å². The van der Waals surface area contributed by atoms with Crippen LogP contribution in [0.4, 0.5) is 5.00 Å². The third-order valence-electron chi connectivity index (χ3n) is 3.68. The molecule has 1 aromatic carbocycles.